The number of hydrogen-bond donors (Lipinski definition) is 2. The minimum atomic E-state index is -0.271. The maximum Gasteiger partial charge on any atom is 0.0880 e. The number of benzene rings is 1. The van der Waals surface area contributed by atoms with Crippen LogP contribution in [0.1, 0.15) is 38.3 Å². The number of hydrogen-bond acceptors (Lipinski definition) is 4. The Balaban J connectivity index is 2.55. The van der Waals surface area contributed by atoms with Crippen molar-refractivity contribution in [3.63, 3.8) is 0 Å². The molecule has 0 fully saturated rings. The molecule has 0 saturated heterocycles. The van der Waals surface area contributed by atoms with Crippen molar-refractivity contribution < 1.29 is 4.74 Å². The molecule has 3 nitrogen and oxygen atoms in total. The van der Waals surface area contributed by atoms with Crippen LogP contribution in [0.15, 0.2) is 29.6 Å². The van der Waals surface area contributed by atoms with E-state index < -0.39 is 0 Å². The third-order valence-electron chi connectivity index (χ3n) is 4.12. The van der Waals surface area contributed by atoms with Crippen LogP contribution in [0.4, 0.5) is 0 Å². The maximum absolute atomic E-state index is 5.85. The second-order valence-corrected chi connectivity index (χ2v) is 5.68. The summed E-state index contributed by atoms with van der Waals surface area (Å²) in [4.78, 5) is 0. The zero-order valence-corrected chi connectivity index (χ0v) is 12.6. The van der Waals surface area contributed by atoms with Gasteiger partial charge in [-0.05, 0) is 35.2 Å². The van der Waals surface area contributed by atoms with Gasteiger partial charge in [0.05, 0.1) is 11.6 Å². The number of ether oxygens (including phenoxy) is 1. The largest absolute Gasteiger partial charge is 0.376 e. The summed E-state index contributed by atoms with van der Waals surface area (Å²) in [6, 6.07) is 8.50. The van der Waals surface area contributed by atoms with E-state index in [-0.39, 0.29) is 11.6 Å². The lowest BCUT2D eigenvalue weighted by Gasteiger charge is -2.38. The van der Waals surface area contributed by atoms with Crippen molar-refractivity contribution in [2.24, 2.45) is 5.84 Å². The molecule has 0 aliphatic heterocycles. The van der Waals surface area contributed by atoms with Crippen LogP contribution in [0, 0.1) is 0 Å². The number of nitrogens with one attached hydrogen (secondary N) is 1. The smallest absolute Gasteiger partial charge is 0.0880 e. The summed E-state index contributed by atoms with van der Waals surface area (Å²) in [6.07, 6.45) is 1.83. The molecule has 0 bridgehead atoms. The van der Waals surface area contributed by atoms with E-state index in [1.54, 1.807) is 18.4 Å². The van der Waals surface area contributed by atoms with Crippen molar-refractivity contribution in [3.05, 3.63) is 35.2 Å². The van der Waals surface area contributed by atoms with Crippen LogP contribution in [-0.2, 0) is 4.74 Å². The number of fused-ring (bicyclic) bond motifs is 1. The molecular formula is C15H22N2OS. The second kappa shape index (κ2) is 6.01. The zero-order valence-electron chi connectivity index (χ0n) is 11.8. The van der Waals surface area contributed by atoms with Crippen molar-refractivity contribution in [1.29, 1.82) is 0 Å². The Kier molecular flexibility index (Phi) is 4.58. The normalized spacial score (nSPS) is 13.9. The van der Waals surface area contributed by atoms with Crippen LogP contribution in [0.5, 0.6) is 0 Å². The fourth-order valence-corrected chi connectivity index (χ4v) is 3.78. The van der Waals surface area contributed by atoms with Crippen molar-refractivity contribution >= 4 is 21.4 Å². The average Bonchev–Trinajstić information content (AvgIpc) is 2.93. The standard InChI is InChI=1S/C15H22N2OS/c1-4-15(5-2,18-3)14(17-16)12-8-6-7-11-9-10-19-13(11)12/h6-10,14,17H,4-5,16H2,1-3H3. The van der Waals surface area contributed by atoms with Gasteiger partial charge in [0.25, 0.3) is 0 Å². The molecule has 0 aliphatic rings. The molecule has 1 unspecified atom stereocenters. The van der Waals surface area contributed by atoms with Crippen LogP contribution >= 0.6 is 11.3 Å². The molecule has 0 spiro atoms. The lowest BCUT2D eigenvalue weighted by molar-refractivity contribution is -0.0482. The molecule has 0 saturated carbocycles. The Morgan fingerprint density at radius 3 is 2.63 bits per heavy atom. The van der Waals surface area contributed by atoms with Gasteiger partial charge in [0.15, 0.2) is 0 Å². The summed E-state index contributed by atoms with van der Waals surface area (Å²) in [6.45, 7) is 4.29. The number of nitrogens with two attached hydrogens (primary N) is 1. The first-order valence-corrected chi connectivity index (χ1v) is 7.57. The minimum Gasteiger partial charge on any atom is -0.376 e. The number of methoxy groups -OCH3 is 1. The van der Waals surface area contributed by atoms with Gasteiger partial charge in [-0.3, -0.25) is 11.3 Å². The van der Waals surface area contributed by atoms with E-state index in [2.05, 4.69) is 48.9 Å². The Labute approximate surface area is 118 Å². The highest BCUT2D eigenvalue weighted by Crippen LogP contribution is 2.38. The van der Waals surface area contributed by atoms with Gasteiger partial charge in [-0.1, -0.05) is 32.0 Å². The van der Waals surface area contributed by atoms with E-state index in [1.807, 2.05) is 0 Å². The van der Waals surface area contributed by atoms with Gasteiger partial charge < -0.3 is 4.74 Å². The SMILES string of the molecule is CCC(CC)(OC)C(NN)c1cccc2ccsc12. The molecule has 4 heteroatoms. The van der Waals surface area contributed by atoms with E-state index >= 15 is 0 Å². The van der Waals surface area contributed by atoms with E-state index in [9.17, 15) is 0 Å². The lowest BCUT2D eigenvalue weighted by atomic mass is 9.84. The van der Waals surface area contributed by atoms with Gasteiger partial charge in [0.1, 0.15) is 0 Å². The van der Waals surface area contributed by atoms with E-state index in [4.69, 9.17) is 10.6 Å². The van der Waals surface area contributed by atoms with E-state index in [1.165, 1.54) is 15.6 Å². The number of thiophene rings is 1. The first kappa shape index (κ1) is 14.5. The topological polar surface area (TPSA) is 47.3 Å². The molecule has 2 aromatic rings. The third-order valence-corrected chi connectivity index (χ3v) is 5.10. The highest BCUT2D eigenvalue weighted by atomic mass is 32.1. The van der Waals surface area contributed by atoms with Crippen molar-refractivity contribution in [2.45, 2.75) is 38.3 Å². The van der Waals surface area contributed by atoms with Crippen molar-refractivity contribution in [3.8, 4) is 0 Å². The summed E-state index contributed by atoms with van der Waals surface area (Å²) >= 11 is 1.75. The summed E-state index contributed by atoms with van der Waals surface area (Å²) in [5.41, 5.74) is 3.93. The zero-order chi connectivity index (χ0) is 13.9. The molecule has 1 atom stereocenters. The molecule has 1 heterocycles. The fraction of sp³-hybridized carbons (Fsp3) is 0.467. The Morgan fingerprint density at radius 2 is 2.05 bits per heavy atom. The third kappa shape index (κ3) is 2.41. The first-order valence-electron chi connectivity index (χ1n) is 6.69. The van der Waals surface area contributed by atoms with Crippen molar-refractivity contribution in [1.82, 2.24) is 5.43 Å². The van der Waals surface area contributed by atoms with Gasteiger partial charge in [0, 0.05) is 11.8 Å². The molecule has 3 N–H and O–H groups in total. The molecule has 1 aromatic carbocycles. The Bertz CT molecular complexity index is 525. The van der Waals surface area contributed by atoms with Crippen LogP contribution < -0.4 is 11.3 Å². The maximum atomic E-state index is 5.85. The second-order valence-electron chi connectivity index (χ2n) is 4.76. The molecule has 104 valence electrons. The van der Waals surface area contributed by atoms with Gasteiger partial charge >= 0.3 is 0 Å². The van der Waals surface area contributed by atoms with Gasteiger partial charge in [-0.15, -0.1) is 11.3 Å². The summed E-state index contributed by atoms with van der Waals surface area (Å²) in [5.74, 6) is 5.85. The fourth-order valence-electron chi connectivity index (χ4n) is 2.83. The molecular weight excluding hydrogens is 256 g/mol. The number of hydrazine groups is 1. The predicted octanol–water partition coefficient (Wildman–Crippen LogP) is 3.61. The van der Waals surface area contributed by atoms with Gasteiger partial charge in [-0.2, -0.15) is 0 Å². The van der Waals surface area contributed by atoms with Crippen LogP contribution in [0.25, 0.3) is 10.1 Å². The lowest BCUT2D eigenvalue weighted by Crippen LogP contribution is -2.47. The summed E-state index contributed by atoms with van der Waals surface area (Å²) in [5, 5.41) is 3.38. The van der Waals surface area contributed by atoms with Crippen molar-refractivity contribution in [2.75, 3.05) is 7.11 Å². The Morgan fingerprint density at radius 1 is 1.32 bits per heavy atom. The summed E-state index contributed by atoms with van der Waals surface area (Å²) < 4.78 is 7.12. The van der Waals surface area contributed by atoms with Crippen LogP contribution in [-0.4, -0.2) is 12.7 Å². The van der Waals surface area contributed by atoms with E-state index in [0.29, 0.717) is 0 Å². The minimum absolute atomic E-state index is 0.00477. The van der Waals surface area contributed by atoms with E-state index in [0.717, 1.165) is 12.8 Å². The first-order chi connectivity index (χ1) is 9.22. The molecule has 0 aliphatic carbocycles. The van der Waals surface area contributed by atoms with Gasteiger partial charge in [-0.25, -0.2) is 0 Å². The Hall–Kier alpha value is -0.940. The highest BCUT2D eigenvalue weighted by Gasteiger charge is 2.37. The molecule has 0 amide bonds. The highest BCUT2D eigenvalue weighted by molar-refractivity contribution is 7.17. The average molecular weight is 278 g/mol. The monoisotopic (exact) mass is 278 g/mol. The number of rotatable bonds is 6. The van der Waals surface area contributed by atoms with Crippen LogP contribution in [0.2, 0.25) is 0 Å². The quantitative estimate of drug-likeness (QED) is 0.627. The van der Waals surface area contributed by atoms with Crippen LogP contribution in [0.3, 0.4) is 0 Å². The van der Waals surface area contributed by atoms with Gasteiger partial charge in [0.2, 0.25) is 0 Å². The molecule has 2 rings (SSSR count). The molecule has 19 heavy (non-hydrogen) atoms. The molecule has 1 aromatic heterocycles. The predicted molar refractivity (Wildman–Crippen MR) is 82.2 cm³/mol. The molecule has 0 radical (unpaired) electrons. The summed E-state index contributed by atoms with van der Waals surface area (Å²) in [7, 11) is 1.77.